The molecule has 296 valence electrons. The van der Waals surface area contributed by atoms with Gasteiger partial charge in [-0.15, -0.1) is 0 Å². The fourth-order valence-electron chi connectivity index (χ4n) is 5.96. The van der Waals surface area contributed by atoms with Gasteiger partial charge >= 0.3 is 5.97 Å². The summed E-state index contributed by atoms with van der Waals surface area (Å²) in [6.07, 6.45) is 48.1. The Morgan fingerprint density at radius 3 is 1.59 bits per heavy atom. The van der Waals surface area contributed by atoms with Gasteiger partial charge < -0.3 is 20.3 Å². The molecule has 2 atom stereocenters. The number of nitrogens with one attached hydrogen (secondary N) is 1. The molecular weight excluding hydrogens is 634 g/mol. The Hall–Kier alpha value is -2.18. The Morgan fingerprint density at radius 1 is 0.549 bits per heavy atom. The molecule has 0 aromatic rings. The second-order valence-electron chi connectivity index (χ2n) is 14.3. The summed E-state index contributed by atoms with van der Waals surface area (Å²) < 4.78 is 5.41. The molecule has 0 saturated carbocycles. The van der Waals surface area contributed by atoms with E-state index in [1.165, 1.54) is 89.9 Å². The van der Waals surface area contributed by atoms with Crippen LogP contribution in [0, 0.1) is 0 Å². The first kappa shape index (κ1) is 48.8. The summed E-state index contributed by atoms with van der Waals surface area (Å²) in [7, 11) is 0. The van der Waals surface area contributed by atoms with E-state index in [0.717, 1.165) is 83.5 Å². The van der Waals surface area contributed by atoms with Crippen LogP contribution in [0.25, 0.3) is 0 Å². The van der Waals surface area contributed by atoms with Crippen molar-refractivity contribution in [3.05, 3.63) is 48.6 Å². The molecule has 51 heavy (non-hydrogen) atoms. The zero-order valence-electron chi connectivity index (χ0n) is 33.3. The summed E-state index contributed by atoms with van der Waals surface area (Å²) in [6.45, 7) is 4.72. The monoisotopic (exact) mass is 716 g/mol. The molecule has 0 saturated heterocycles. The number of amides is 1. The van der Waals surface area contributed by atoms with E-state index in [4.69, 9.17) is 4.74 Å². The summed E-state index contributed by atoms with van der Waals surface area (Å²) in [4.78, 5) is 24.3. The average molecular weight is 716 g/mol. The van der Waals surface area contributed by atoms with Gasteiger partial charge in [0, 0.05) is 12.8 Å². The number of carbonyl (C=O) groups excluding carboxylic acids is 2. The smallest absolute Gasteiger partial charge is 0.305 e. The van der Waals surface area contributed by atoms with Crippen LogP contribution in [0.2, 0.25) is 0 Å². The van der Waals surface area contributed by atoms with Crippen LogP contribution >= 0.6 is 0 Å². The molecule has 0 bridgehead atoms. The number of unbranched alkanes of at least 4 members (excludes halogenated alkanes) is 21. The second kappa shape index (κ2) is 40.6. The summed E-state index contributed by atoms with van der Waals surface area (Å²) in [5.74, 6) is -0.189. The molecule has 3 N–H and O–H groups in total. The zero-order valence-corrected chi connectivity index (χ0v) is 33.3. The van der Waals surface area contributed by atoms with Crippen molar-refractivity contribution in [1.29, 1.82) is 0 Å². The van der Waals surface area contributed by atoms with Gasteiger partial charge in [0.05, 0.1) is 25.4 Å². The molecule has 0 aliphatic heterocycles. The van der Waals surface area contributed by atoms with E-state index in [1.807, 2.05) is 6.08 Å². The number of esters is 1. The van der Waals surface area contributed by atoms with E-state index in [1.54, 1.807) is 6.08 Å². The minimum Gasteiger partial charge on any atom is -0.466 e. The van der Waals surface area contributed by atoms with Gasteiger partial charge in [-0.05, 0) is 83.5 Å². The van der Waals surface area contributed by atoms with E-state index >= 15 is 0 Å². The Bertz CT molecular complexity index is 880. The van der Waals surface area contributed by atoms with Crippen molar-refractivity contribution in [3.8, 4) is 0 Å². The third kappa shape index (κ3) is 37.4. The molecule has 0 rings (SSSR count). The summed E-state index contributed by atoms with van der Waals surface area (Å²) in [5, 5.41) is 22.8. The van der Waals surface area contributed by atoms with Gasteiger partial charge in [-0.25, -0.2) is 0 Å². The fraction of sp³-hybridized carbons (Fsp3) is 0.778. The normalized spacial score (nSPS) is 13.3. The maximum absolute atomic E-state index is 12.3. The fourth-order valence-corrected chi connectivity index (χ4v) is 5.96. The number of hydrogen-bond acceptors (Lipinski definition) is 5. The lowest BCUT2D eigenvalue weighted by Crippen LogP contribution is -2.45. The van der Waals surface area contributed by atoms with Crippen molar-refractivity contribution in [2.75, 3.05) is 13.2 Å². The van der Waals surface area contributed by atoms with Gasteiger partial charge in [0.25, 0.3) is 0 Å². The molecule has 0 aromatic carbocycles. The molecule has 0 fully saturated rings. The lowest BCUT2D eigenvalue weighted by molar-refractivity contribution is -0.143. The van der Waals surface area contributed by atoms with Crippen LogP contribution in [0.5, 0.6) is 0 Å². The molecule has 6 heteroatoms. The number of carbonyl (C=O) groups is 2. The van der Waals surface area contributed by atoms with Crippen LogP contribution < -0.4 is 5.32 Å². The van der Waals surface area contributed by atoms with Crippen molar-refractivity contribution in [1.82, 2.24) is 5.32 Å². The predicted molar refractivity (Wildman–Crippen MR) is 218 cm³/mol. The first-order chi connectivity index (χ1) is 25.0. The highest BCUT2D eigenvalue weighted by Gasteiger charge is 2.17. The van der Waals surface area contributed by atoms with Gasteiger partial charge in [-0.3, -0.25) is 9.59 Å². The van der Waals surface area contributed by atoms with Gasteiger partial charge in [-0.1, -0.05) is 152 Å². The largest absolute Gasteiger partial charge is 0.466 e. The van der Waals surface area contributed by atoms with Crippen LogP contribution in [0.15, 0.2) is 48.6 Å². The van der Waals surface area contributed by atoms with E-state index in [2.05, 4.69) is 55.6 Å². The number of aliphatic hydroxyl groups is 2. The minimum absolute atomic E-state index is 0.0541. The van der Waals surface area contributed by atoms with Gasteiger partial charge in [0.1, 0.15) is 0 Å². The molecule has 2 unspecified atom stereocenters. The second-order valence-corrected chi connectivity index (χ2v) is 14.3. The number of allylic oxidation sites excluding steroid dienone is 7. The minimum atomic E-state index is -0.874. The molecule has 0 aliphatic rings. The summed E-state index contributed by atoms with van der Waals surface area (Å²) >= 11 is 0. The third-order valence-electron chi connectivity index (χ3n) is 9.31. The zero-order chi connectivity index (χ0) is 37.3. The number of rotatable bonds is 38. The van der Waals surface area contributed by atoms with Crippen molar-refractivity contribution in [2.45, 2.75) is 212 Å². The molecule has 6 nitrogen and oxygen atoms in total. The van der Waals surface area contributed by atoms with Crippen molar-refractivity contribution in [2.24, 2.45) is 0 Å². The maximum atomic E-state index is 12.3. The standard InChI is InChI=1S/C45H81NO5/c1-3-5-7-9-11-13-15-16-17-18-19-23-27-31-35-39-45(50)51-40-36-32-28-24-20-22-26-30-34-38-44(49)46-42(41-47)43(48)37-33-29-25-21-14-12-10-8-6-4-2/h11,13,16-17,22,26,33,37,42-43,47-48H,3-10,12,14-15,18-21,23-25,27-32,34-36,38-41H2,1-2H3,(H,46,49)/b13-11-,17-16-,26-22-,37-33+. The van der Waals surface area contributed by atoms with Gasteiger partial charge in [-0.2, -0.15) is 0 Å². The van der Waals surface area contributed by atoms with Gasteiger partial charge in [0.15, 0.2) is 0 Å². The number of hydrogen-bond donors (Lipinski definition) is 3. The molecule has 0 aliphatic carbocycles. The van der Waals surface area contributed by atoms with Crippen molar-refractivity contribution < 1.29 is 24.5 Å². The lowest BCUT2D eigenvalue weighted by atomic mass is 10.1. The van der Waals surface area contributed by atoms with Gasteiger partial charge in [0.2, 0.25) is 5.91 Å². The van der Waals surface area contributed by atoms with E-state index in [9.17, 15) is 19.8 Å². The highest BCUT2D eigenvalue weighted by atomic mass is 16.5. The quantitative estimate of drug-likeness (QED) is 0.0336. The average Bonchev–Trinajstić information content (AvgIpc) is 3.13. The molecule has 0 aromatic heterocycles. The van der Waals surface area contributed by atoms with Crippen LogP contribution in [-0.2, 0) is 14.3 Å². The highest BCUT2D eigenvalue weighted by Crippen LogP contribution is 2.12. The van der Waals surface area contributed by atoms with E-state index in [0.29, 0.717) is 19.4 Å². The Labute approximate surface area is 315 Å². The maximum Gasteiger partial charge on any atom is 0.305 e. The molecular formula is C45H81NO5. The Balaban J connectivity index is 3.61. The van der Waals surface area contributed by atoms with E-state index < -0.39 is 12.1 Å². The summed E-state index contributed by atoms with van der Waals surface area (Å²) in [5.41, 5.74) is 0. The lowest BCUT2D eigenvalue weighted by Gasteiger charge is -2.19. The predicted octanol–water partition coefficient (Wildman–Crippen LogP) is 11.9. The molecule has 0 spiro atoms. The number of aliphatic hydroxyl groups excluding tert-OH is 2. The molecule has 1 amide bonds. The van der Waals surface area contributed by atoms with E-state index in [-0.39, 0.29) is 18.5 Å². The Kier molecular flexibility index (Phi) is 38.9. The Morgan fingerprint density at radius 2 is 1.00 bits per heavy atom. The van der Waals surface area contributed by atoms with Crippen LogP contribution in [-0.4, -0.2) is 47.4 Å². The third-order valence-corrected chi connectivity index (χ3v) is 9.31. The van der Waals surface area contributed by atoms with Crippen LogP contribution in [0.4, 0.5) is 0 Å². The highest BCUT2D eigenvalue weighted by molar-refractivity contribution is 5.76. The SMILES string of the molecule is CCCCC/C=C\C/C=C\CCCCCCCC(=O)OCCCCCC/C=C\CCCC(=O)NC(CO)C(O)/C=C/CCCCCCCCCC. The summed E-state index contributed by atoms with van der Waals surface area (Å²) in [6, 6.07) is -0.665. The molecule has 0 radical (unpaired) electrons. The first-order valence-corrected chi connectivity index (χ1v) is 21.4. The first-order valence-electron chi connectivity index (χ1n) is 21.4. The molecule has 0 heterocycles. The number of ether oxygens (including phenoxy) is 1. The van der Waals surface area contributed by atoms with Crippen molar-refractivity contribution >= 4 is 11.9 Å². The topological polar surface area (TPSA) is 95.9 Å². The van der Waals surface area contributed by atoms with Crippen LogP contribution in [0.3, 0.4) is 0 Å². The van der Waals surface area contributed by atoms with Crippen molar-refractivity contribution in [3.63, 3.8) is 0 Å². The van der Waals surface area contributed by atoms with Crippen LogP contribution in [0.1, 0.15) is 200 Å².